The molecule has 0 saturated heterocycles. The lowest BCUT2D eigenvalue weighted by molar-refractivity contribution is -0.140. The first-order valence-electron chi connectivity index (χ1n) is 3.13. The number of unbranched alkanes of at least 4 members (excludes halogenated alkanes) is 1. The van der Waals surface area contributed by atoms with Crippen LogP contribution in [-0.2, 0) is 9.53 Å². The van der Waals surface area contributed by atoms with Crippen molar-refractivity contribution in [1.82, 2.24) is 0 Å². The molecule has 0 N–H and O–H groups in total. The molecule has 0 heterocycles. The second kappa shape index (κ2) is 6.81. The van der Waals surface area contributed by atoms with Gasteiger partial charge in [-0.1, -0.05) is 22.0 Å². The minimum atomic E-state index is -0.136. The average Bonchev–Trinajstić information content (AvgIpc) is 1.98. The average molecular weight is 207 g/mol. The van der Waals surface area contributed by atoms with E-state index < -0.39 is 0 Å². The van der Waals surface area contributed by atoms with E-state index in [1.807, 2.05) is 6.08 Å². The number of carbonyl (C=O) groups is 1. The smallest absolute Gasteiger partial charge is 0.305 e. The van der Waals surface area contributed by atoms with Gasteiger partial charge in [-0.15, -0.1) is 0 Å². The van der Waals surface area contributed by atoms with Gasteiger partial charge in [0.05, 0.1) is 7.11 Å². The van der Waals surface area contributed by atoms with E-state index in [2.05, 4.69) is 20.7 Å². The largest absolute Gasteiger partial charge is 0.469 e. The standard InChI is InChI=1S/C7H11BrO2/c1-10-7(9)5-3-2-4-6-8/h4,6H,2-3,5H2,1H3. The molecular formula is C7H11BrO2. The number of esters is 1. The number of ether oxygens (including phenoxy) is 1. The zero-order valence-corrected chi connectivity index (χ0v) is 7.56. The van der Waals surface area contributed by atoms with Crippen molar-refractivity contribution >= 4 is 21.9 Å². The van der Waals surface area contributed by atoms with E-state index in [-0.39, 0.29) is 5.97 Å². The Morgan fingerprint density at radius 3 is 2.90 bits per heavy atom. The van der Waals surface area contributed by atoms with Gasteiger partial charge in [-0.25, -0.2) is 0 Å². The van der Waals surface area contributed by atoms with Crippen LogP contribution in [0.1, 0.15) is 19.3 Å². The van der Waals surface area contributed by atoms with Crippen LogP contribution in [0.2, 0.25) is 0 Å². The molecule has 0 radical (unpaired) electrons. The molecule has 58 valence electrons. The first-order chi connectivity index (χ1) is 4.81. The summed E-state index contributed by atoms with van der Waals surface area (Å²) in [5.74, 6) is -0.136. The van der Waals surface area contributed by atoms with Crippen LogP contribution in [0.3, 0.4) is 0 Å². The lowest BCUT2D eigenvalue weighted by Crippen LogP contribution is -1.98. The Labute approximate surface area is 69.4 Å². The van der Waals surface area contributed by atoms with E-state index in [0.29, 0.717) is 6.42 Å². The zero-order valence-electron chi connectivity index (χ0n) is 5.97. The zero-order chi connectivity index (χ0) is 7.82. The molecule has 0 bridgehead atoms. The van der Waals surface area contributed by atoms with E-state index in [0.717, 1.165) is 12.8 Å². The van der Waals surface area contributed by atoms with E-state index >= 15 is 0 Å². The molecule has 3 heteroatoms. The summed E-state index contributed by atoms with van der Waals surface area (Å²) < 4.78 is 4.46. The van der Waals surface area contributed by atoms with Crippen LogP contribution in [0.5, 0.6) is 0 Å². The molecule has 0 aliphatic carbocycles. The van der Waals surface area contributed by atoms with Gasteiger partial charge in [-0.05, 0) is 17.8 Å². The Morgan fingerprint density at radius 1 is 1.70 bits per heavy atom. The van der Waals surface area contributed by atoms with Gasteiger partial charge in [0, 0.05) is 6.42 Å². The highest BCUT2D eigenvalue weighted by Crippen LogP contribution is 1.98. The molecule has 2 nitrogen and oxygen atoms in total. The van der Waals surface area contributed by atoms with Gasteiger partial charge >= 0.3 is 5.97 Å². The summed E-state index contributed by atoms with van der Waals surface area (Å²) in [6.45, 7) is 0. The van der Waals surface area contributed by atoms with Crippen LogP contribution < -0.4 is 0 Å². The lowest BCUT2D eigenvalue weighted by atomic mass is 10.2. The van der Waals surface area contributed by atoms with Crippen LogP contribution in [0.15, 0.2) is 11.1 Å². The SMILES string of the molecule is COC(=O)CCCC=CBr. The number of allylic oxidation sites excluding steroid dienone is 1. The van der Waals surface area contributed by atoms with Crippen molar-refractivity contribution in [2.24, 2.45) is 0 Å². The summed E-state index contributed by atoms with van der Waals surface area (Å²) in [4.78, 5) is 12.3. The molecule has 0 aromatic carbocycles. The Balaban J connectivity index is 3.11. The maximum atomic E-state index is 10.5. The first-order valence-corrected chi connectivity index (χ1v) is 4.05. The second-order valence-electron chi connectivity index (χ2n) is 1.83. The van der Waals surface area contributed by atoms with E-state index in [9.17, 15) is 4.79 Å². The van der Waals surface area contributed by atoms with Crippen molar-refractivity contribution in [1.29, 1.82) is 0 Å². The fraction of sp³-hybridized carbons (Fsp3) is 0.571. The summed E-state index contributed by atoms with van der Waals surface area (Å²) in [5, 5.41) is 0. The third-order valence-electron chi connectivity index (χ3n) is 1.07. The fourth-order valence-electron chi connectivity index (χ4n) is 0.529. The number of carbonyl (C=O) groups excluding carboxylic acids is 1. The van der Waals surface area contributed by atoms with Crippen molar-refractivity contribution in [3.8, 4) is 0 Å². The van der Waals surface area contributed by atoms with E-state index in [1.54, 1.807) is 4.99 Å². The Hall–Kier alpha value is -0.310. The summed E-state index contributed by atoms with van der Waals surface area (Å²) in [5.41, 5.74) is 0. The normalized spacial score (nSPS) is 10.2. The topological polar surface area (TPSA) is 26.3 Å². The molecule has 0 spiro atoms. The van der Waals surface area contributed by atoms with Crippen LogP contribution in [0.25, 0.3) is 0 Å². The number of hydrogen-bond donors (Lipinski definition) is 0. The summed E-state index contributed by atoms with van der Waals surface area (Å²) >= 11 is 3.14. The van der Waals surface area contributed by atoms with Crippen LogP contribution >= 0.6 is 15.9 Å². The maximum absolute atomic E-state index is 10.5. The van der Waals surface area contributed by atoms with Gasteiger partial charge in [0.25, 0.3) is 0 Å². The molecule has 0 aromatic rings. The summed E-state index contributed by atoms with van der Waals surface area (Å²) in [6.07, 6.45) is 4.24. The molecule has 0 rings (SSSR count). The Morgan fingerprint density at radius 2 is 2.40 bits per heavy atom. The van der Waals surface area contributed by atoms with Gasteiger partial charge in [-0.3, -0.25) is 4.79 Å². The molecule has 0 atom stereocenters. The van der Waals surface area contributed by atoms with E-state index in [4.69, 9.17) is 0 Å². The minimum absolute atomic E-state index is 0.136. The van der Waals surface area contributed by atoms with Crippen LogP contribution in [-0.4, -0.2) is 13.1 Å². The van der Waals surface area contributed by atoms with Gasteiger partial charge in [0.1, 0.15) is 0 Å². The molecule has 0 aliphatic rings. The monoisotopic (exact) mass is 206 g/mol. The summed E-state index contributed by atoms with van der Waals surface area (Å²) in [6, 6.07) is 0. The van der Waals surface area contributed by atoms with Crippen molar-refractivity contribution in [3.63, 3.8) is 0 Å². The molecular weight excluding hydrogens is 196 g/mol. The lowest BCUT2D eigenvalue weighted by Gasteiger charge is -1.94. The number of hydrogen-bond acceptors (Lipinski definition) is 2. The predicted molar refractivity (Wildman–Crippen MR) is 43.9 cm³/mol. The van der Waals surface area contributed by atoms with Gasteiger partial charge in [0.15, 0.2) is 0 Å². The highest BCUT2D eigenvalue weighted by molar-refractivity contribution is 9.11. The third-order valence-corrected chi connectivity index (χ3v) is 1.44. The molecule has 0 fully saturated rings. The first kappa shape index (κ1) is 9.69. The van der Waals surface area contributed by atoms with Gasteiger partial charge in [-0.2, -0.15) is 0 Å². The Bertz CT molecular complexity index is 121. The van der Waals surface area contributed by atoms with Crippen molar-refractivity contribution in [2.75, 3.05) is 7.11 Å². The molecule has 0 unspecified atom stereocenters. The van der Waals surface area contributed by atoms with E-state index in [1.165, 1.54) is 7.11 Å². The highest BCUT2D eigenvalue weighted by atomic mass is 79.9. The number of halogens is 1. The van der Waals surface area contributed by atoms with Gasteiger partial charge < -0.3 is 4.74 Å². The number of rotatable bonds is 4. The third kappa shape index (κ3) is 5.82. The number of methoxy groups -OCH3 is 1. The molecule has 0 aliphatic heterocycles. The molecule has 0 amide bonds. The predicted octanol–water partition coefficient (Wildman–Crippen LogP) is 2.24. The summed E-state index contributed by atoms with van der Waals surface area (Å²) in [7, 11) is 1.41. The molecule has 0 aromatic heterocycles. The fourth-order valence-corrected chi connectivity index (χ4v) is 0.794. The molecule has 10 heavy (non-hydrogen) atoms. The van der Waals surface area contributed by atoms with Crippen LogP contribution in [0, 0.1) is 0 Å². The molecule has 0 saturated carbocycles. The van der Waals surface area contributed by atoms with Gasteiger partial charge in [0.2, 0.25) is 0 Å². The second-order valence-corrected chi connectivity index (χ2v) is 2.36. The maximum Gasteiger partial charge on any atom is 0.305 e. The quantitative estimate of drug-likeness (QED) is 0.522. The van der Waals surface area contributed by atoms with Crippen molar-refractivity contribution < 1.29 is 9.53 Å². The highest BCUT2D eigenvalue weighted by Gasteiger charge is 1.96. The van der Waals surface area contributed by atoms with Crippen molar-refractivity contribution in [2.45, 2.75) is 19.3 Å². The Kier molecular flexibility index (Phi) is 6.59. The van der Waals surface area contributed by atoms with Crippen LogP contribution in [0.4, 0.5) is 0 Å². The minimum Gasteiger partial charge on any atom is -0.469 e. The van der Waals surface area contributed by atoms with Crippen molar-refractivity contribution in [3.05, 3.63) is 11.1 Å².